The third kappa shape index (κ3) is 4.71. The van der Waals surface area contributed by atoms with Crippen LogP contribution in [-0.4, -0.2) is 29.1 Å². The SMILES string of the molecule is COc1cccc(C(CC(=O)O)NC(=O)c2csc(-c3ccccc3)n2)c1. The Labute approximate surface area is 160 Å². The summed E-state index contributed by atoms with van der Waals surface area (Å²) in [7, 11) is 1.53. The first kappa shape index (κ1) is 18.6. The summed E-state index contributed by atoms with van der Waals surface area (Å²) in [5.74, 6) is -0.828. The molecule has 6 nitrogen and oxygen atoms in total. The lowest BCUT2D eigenvalue weighted by Crippen LogP contribution is -2.30. The summed E-state index contributed by atoms with van der Waals surface area (Å²) in [5.41, 5.74) is 1.84. The van der Waals surface area contributed by atoms with Gasteiger partial charge in [-0.15, -0.1) is 11.3 Å². The molecule has 2 aromatic carbocycles. The molecule has 0 saturated heterocycles. The van der Waals surface area contributed by atoms with E-state index < -0.39 is 17.9 Å². The van der Waals surface area contributed by atoms with Gasteiger partial charge in [0.2, 0.25) is 0 Å². The first-order valence-corrected chi connectivity index (χ1v) is 9.12. The molecular weight excluding hydrogens is 364 g/mol. The molecule has 1 atom stereocenters. The number of carboxylic acids is 1. The molecular formula is C20H18N2O4S. The number of aromatic nitrogens is 1. The Kier molecular flexibility index (Phi) is 5.83. The van der Waals surface area contributed by atoms with E-state index in [0.29, 0.717) is 11.3 Å². The number of amides is 1. The molecule has 0 aliphatic heterocycles. The molecule has 1 heterocycles. The number of carboxylic acid groups (broad SMARTS) is 1. The van der Waals surface area contributed by atoms with Crippen LogP contribution in [0.1, 0.15) is 28.5 Å². The van der Waals surface area contributed by atoms with E-state index in [1.807, 2.05) is 30.3 Å². The van der Waals surface area contributed by atoms with E-state index in [4.69, 9.17) is 4.74 Å². The van der Waals surface area contributed by atoms with Gasteiger partial charge in [0.25, 0.3) is 5.91 Å². The van der Waals surface area contributed by atoms with E-state index >= 15 is 0 Å². The summed E-state index contributed by atoms with van der Waals surface area (Å²) < 4.78 is 5.18. The highest BCUT2D eigenvalue weighted by molar-refractivity contribution is 7.13. The number of methoxy groups -OCH3 is 1. The monoisotopic (exact) mass is 382 g/mol. The zero-order valence-electron chi connectivity index (χ0n) is 14.6. The predicted octanol–water partition coefficient (Wildman–Crippen LogP) is 3.76. The van der Waals surface area contributed by atoms with Crippen molar-refractivity contribution in [3.8, 4) is 16.3 Å². The Morgan fingerprint density at radius 2 is 1.96 bits per heavy atom. The predicted molar refractivity (Wildman–Crippen MR) is 103 cm³/mol. The van der Waals surface area contributed by atoms with Crippen molar-refractivity contribution >= 4 is 23.2 Å². The minimum Gasteiger partial charge on any atom is -0.497 e. The summed E-state index contributed by atoms with van der Waals surface area (Å²) >= 11 is 1.37. The number of nitrogens with zero attached hydrogens (tertiary/aromatic N) is 1. The first-order valence-electron chi connectivity index (χ1n) is 8.24. The standard InChI is InChI=1S/C20H18N2O4S/c1-26-15-9-5-8-14(10-15)16(11-18(23)24)21-19(25)17-12-27-20(22-17)13-6-3-2-4-7-13/h2-10,12,16H,11H2,1H3,(H,21,25)(H,23,24). The Morgan fingerprint density at radius 3 is 2.67 bits per heavy atom. The molecule has 3 aromatic rings. The van der Waals surface area contributed by atoms with E-state index in [-0.39, 0.29) is 12.1 Å². The van der Waals surface area contributed by atoms with Crippen molar-refractivity contribution in [3.63, 3.8) is 0 Å². The van der Waals surface area contributed by atoms with Gasteiger partial charge in [-0.3, -0.25) is 9.59 Å². The third-order valence-corrected chi connectivity index (χ3v) is 4.83. The highest BCUT2D eigenvalue weighted by Crippen LogP contribution is 2.25. The zero-order chi connectivity index (χ0) is 19.2. The van der Waals surface area contributed by atoms with Crippen molar-refractivity contribution in [2.24, 2.45) is 0 Å². The van der Waals surface area contributed by atoms with Crippen LogP contribution in [-0.2, 0) is 4.79 Å². The molecule has 0 saturated carbocycles. The Hall–Kier alpha value is -3.19. The van der Waals surface area contributed by atoms with Crippen molar-refractivity contribution in [2.75, 3.05) is 7.11 Å². The van der Waals surface area contributed by atoms with Gasteiger partial charge in [0.15, 0.2) is 0 Å². The fourth-order valence-electron chi connectivity index (χ4n) is 2.61. The van der Waals surface area contributed by atoms with Crippen LogP contribution in [0.4, 0.5) is 0 Å². The second-order valence-corrected chi connectivity index (χ2v) is 6.66. The molecule has 0 spiro atoms. The van der Waals surface area contributed by atoms with E-state index in [1.54, 1.807) is 29.6 Å². The third-order valence-electron chi connectivity index (χ3n) is 3.94. The van der Waals surface area contributed by atoms with E-state index in [2.05, 4.69) is 10.3 Å². The van der Waals surface area contributed by atoms with Crippen molar-refractivity contribution < 1.29 is 19.4 Å². The lowest BCUT2D eigenvalue weighted by molar-refractivity contribution is -0.137. The van der Waals surface area contributed by atoms with E-state index in [1.165, 1.54) is 18.4 Å². The molecule has 1 aromatic heterocycles. The van der Waals surface area contributed by atoms with Crippen LogP contribution in [0.25, 0.3) is 10.6 Å². The number of rotatable bonds is 7. The van der Waals surface area contributed by atoms with Gasteiger partial charge in [-0.05, 0) is 17.7 Å². The van der Waals surface area contributed by atoms with Gasteiger partial charge in [-0.25, -0.2) is 4.98 Å². The van der Waals surface area contributed by atoms with Gasteiger partial charge < -0.3 is 15.2 Å². The highest BCUT2D eigenvalue weighted by atomic mass is 32.1. The Morgan fingerprint density at radius 1 is 1.19 bits per heavy atom. The van der Waals surface area contributed by atoms with Crippen molar-refractivity contribution in [2.45, 2.75) is 12.5 Å². The molecule has 7 heteroatoms. The molecule has 0 radical (unpaired) electrons. The minimum absolute atomic E-state index is 0.241. The number of hydrogen-bond donors (Lipinski definition) is 2. The van der Waals surface area contributed by atoms with E-state index in [9.17, 15) is 14.7 Å². The van der Waals surface area contributed by atoms with Gasteiger partial charge in [-0.1, -0.05) is 42.5 Å². The average Bonchev–Trinajstić information content (AvgIpc) is 3.18. The smallest absolute Gasteiger partial charge is 0.305 e. The number of benzene rings is 2. The van der Waals surface area contributed by atoms with Crippen LogP contribution in [0.5, 0.6) is 5.75 Å². The summed E-state index contributed by atoms with van der Waals surface area (Å²) in [4.78, 5) is 28.2. The lowest BCUT2D eigenvalue weighted by atomic mass is 10.0. The normalized spacial score (nSPS) is 11.6. The highest BCUT2D eigenvalue weighted by Gasteiger charge is 2.21. The minimum atomic E-state index is -1.01. The molecule has 27 heavy (non-hydrogen) atoms. The number of thiazole rings is 1. The van der Waals surface area contributed by atoms with Crippen molar-refractivity contribution in [1.82, 2.24) is 10.3 Å². The first-order chi connectivity index (χ1) is 13.1. The summed E-state index contributed by atoms with van der Waals surface area (Å²) in [6.45, 7) is 0. The number of carbonyl (C=O) groups excluding carboxylic acids is 1. The van der Waals surface area contributed by atoms with Crippen LogP contribution in [0.15, 0.2) is 60.0 Å². The summed E-state index contributed by atoms with van der Waals surface area (Å²) in [5, 5.41) is 14.4. The largest absolute Gasteiger partial charge is 0.497 e. The molecule has 0 aliphatic rings. The van der Waals surface area contributed by atoms with Crippen molar-refractivity contribution in [3.05, 3.63) is 71.2 Å². The lowest BCUT2D eigenvalue weighted by Gasteiger charge is -2.17. The van der Waals surface area contributed by atoms with Crippen LogP contribution in [0.2, 0.25) is 0 Å². The molecule has 2 N–H and O–H groups in total. The number of aliphatic carboxylic acids is 1. The number of carbonyl (C=O) groups is 2. The second-order valence-electron chi connectivity index (χ2n) is 5.80. The number of nitrogens with one attached hydrogen (secondary N) is 1. The molecule has 3 rings (SSSR count). The maximum atomic E-state index is 12.6. The zero-order valence-corrected chi connectivity index (χ0v) is 15.4. The van der Waals surface area contributed by atoms with Crippen LogP contribution < -0.4 is 10.1 Å². The van der Waals surface area contributed by atoms with E-state index in [0.717, 1.165) is 10.6 Å². The maximum Gasteiger partial charge on any atom is 0.305 e. The van der Waals surface area contributed by atoms with Gasteiger partial charge in [0.05, 0.1) is 19.6 Å². The fourth-order valence-corrected chi connectivity index (χ4v) is 3.41. The van der Waals surface area contributed by atoms with Gasteiger partial charge in [0, 0.05) is 10.9 Å². The second kappa shape index (κ2) is 8.46. The number of ether oxygens (including phenoxy) is 1. The van der Waals surface area contributed by atoms with Gasteiger partial charge in [-0.2, -0.15) is 0 Å². The molecule has 0 aliphatic carbocycles. The molecule has 1 amide bonds. The summed E-state index contributed by atoms with van der Waals surface area (Å²) in [6, 6.07) is 15.9. The van der Waals surface area contributed by atoms with Crippen LogP contribution >= 0.6 is 11.3 Å². The summed E-state index contributed by atoms with van der Waals surface area (Å²) in [6.07, 6.45) is -0.241. The van der Waals surface area contributed by atoms with Crippen LogP contribution in [0, 0.1) is 0 Å². The number of hydrogen-bond acceptors (Lipinski definition) is 5. The van der Waals surface area contributed by atoms with Crippen LogP contribution in [0.3, 0.4) is 0 Å². The molecule has 1 unspecified atom stereocenters. The maximum absolute atomic E-state index is 12.6. The average molecular weight is 382 g/mol. The Balaban J connectivity index is 1.80. The fraction of sp³-hybridized carbons (Fsp3) is 0.150. The molecule has 0 fully saturated rings. The quantitative estimate of drug-likeness (QED) is 0.649. The Bertz CT molecular complexity index is 940. The molecule has 138 valence electrons. The van der Waals surface area contributed by atoms with Gasteiger partial charge in [0.1, 0.15) is 16.5 Å². The topological polar surface area (TPSA) is 88.5 Å². The molecule has 0 bridgehead atoms. The van der Waals surface area contributed by atoms with Crippen molar-refractivity contribution in [1.29, 1.82) is 0 Å². The van der Waals surface area contributed by atoms with Gasteiger partial charge >= 0.3 is 5.97 Å².